The van der Waals surface area contributed by atoms with Crippen LogP contribution in [0.4, 0.5) is 29.2 Å². The van der Waals surface area contributed by atoms with E-state index in [1.165, 1.54) is 13.1 Å². The van der Waals surface area contributed by atoms with Crippen LogP contribution in [0.1, 0.15) is 11.1 Å². The molecule has 0 atom stereocenters. The Morgan fingerprint density at radius 1 is 1.00 bits per heavy atom. The topological polar surface area (TPSA) is 99.6 Å². The van der Waals surface area contributed by atoms with Crippen molar-refractivity contribution < 1.29 is 17.6 Å². The number of anilines is 2. The summed E-state index contributed by atoms with van der Waals surface area (Å²) in [6.07, 6.45) is 3.87. The van der Waals surface area contributed by atoms with E-state index in [0.717, 1.165) is 10.8 Å². The van der Waals surface area contributed by atoms with Crippen LogP contribution in [0.15, 0.2) is 52.4 Å². The molecule has 0 bridgehead atoms. The Bertz CT molecular complexity index is 1840. The number of rotatable bonds is 5. The van der Waals surface area contributed by atoms with Gasteiger partial charge in [0.25, 0.3) is 0 Å². The van der Waals surface area contributed by atoms with Gasteiger partial charge in [0.1, 0.15) is 5.69 Å². The van der Waals surface area contributed by atoms with E-state index in [4.69, 9.17) is 11.6 Å². The van der Waals surface area contributed by atoms with Crippen LogP contribution in [0.3, 0.4) is 0 Å². The van der Waals surface area contributed by atoms with Crippen LogP contribution < -0.4 is 16.7 Å². The molecule has 194 valence electrons. The summed E-state index contributed by atoms with van der Waals surface area (Å²) in [7, 11) is 1.71. The maximum Gasteiger partial charge on any atom is 0.359 e. The molecule has 0 radical (unpaired) electrons. The average molecular weight is 546 g/mol. The van der Waals surface area contributed by atoms with Crippen LogP contribution in [0.25, 0.3) is 16.6 Å². The first-order valence-corrected chi connectivity index (χ1v) is 11.3. The van der Waals surface area contributed by atoms with Crippen molar-refractivity contribution in [2.24, 2.45) is 7.05 Å². The molecule has 0 amide bonds. The van der Waals surface area contributed by atoms with Crippen LogP contribution in [0, 0.1) is 30.2 Å². The monoisotopic (exact) mass is 545 g/mol. The summed E-state index contributed by atoms with van der Waals surface area (Å²) in [5, 5.41) is 7.86. The summed E-state index contributed by atoms with van der Waals surface area (Å²) in [4.78, 5) is 34.2. The van der Waals surface area contributed by atoms with Crippen molar-refractivity contribution >= 4 is 34.1 Å². The molecule has 5 rings (SSSR count). The molecule has 38 heavy (non-hydrogen) atoms. The lowest BCUT2D eigenvalue weighted by Crippen LogP contribution is -2.42. The Morgan fingerprint density at radius 2 is 1.71 bits per heavy atom. The lowest BCUT2D eigenvalue weighted by atomic mass is 10.2. The fraction of sp³-hybridized carbons (Fsp3) is 0.125. The first-order valence-electron chi connectivity index (χ1n) is 10.9. The second-order valence-electron chi connectivity index (χ2n) is 8.40. The fourth-order valence-electron chi connectivity index (χ4n) is 3.90. The van der Waals surface area contributed by atoms with Crippen LogP contribution in [0.5, 0.6) is 0 Å². The molecule has 0 saturated heterocycles. The molecule has 3 aromatic heterocycles. The number of benzene rings is 2. The summed E-state index contributed by atoms with van der Waals surface area (Å²) in [5.41, 5.74) is -2.05. The molecular formula is C24H16ClF4N7O2. The quantitative estimate of drug-likeness (QED) is 0.265. The Balaban J connectivity index is 1.72. The molecule has 0 fully saturated rings. The SMILES string of the molecule is Cc1cncc(-n2c(=O)nc(Nc3cc4cn(C)nc4cc3Cl)n(Cc3cc(F)c(F)c(F)c3)c2=O)c1F. The van der Waals surface area contributed by atoms with Crippen molar-refractivity contribution in [3.05, 3.63) is 103 Å². The minimum atomic E-state index is -1.69. The third-order valence-electron chi connectivity index (χ3n) is 5.69. The first-order chi connectivity index (χ1) is 18.0. The molecule has 0 aliphatic heterocycles. The Morgan fingerprint density at radius 3 is 2.42 bits per heavy atom. The highest BCUT2D eigenvalue weighted by atomic mass is 35.5. The highest BCUT2D eigenvalue weighted by molar-refractivity contribution is 6.34. The zero-order chi connectivity index (χ0) is 27.3. The van der Waals surface area contributed by atoms with Crippen molar-refractivity contribution in [2.45, 2.75) is 13.5 Å². The second-order valence-corrected chi connectivity index (χ2v) is 8.81. The Kier molecular flexibility index (Phi) is 6.23. The molecule has 14 heteroatoms. The van der Waals surface area contributed by atoms with Crippen molar-refractivity contribution in [3.8, 4) is 5.69 Å². The molecule has 0 spiro atoms. The smallest absolute Gasteiger partial charge is 0.324 e. The standard InChI is InChI=1S/C24H16ClF4N7O2/c1-11-7-30-8-19(20(11)28)36-23(37)32-22(31-18-5-13-10-34(2)33-17(13)6-14(18)25)35(24(36)38)9-12-3-15(26)21(29)16(27)4-12/h3-8,10H,9H2,1-2H3,(H,31,32,37). The molecule has 0 aliphatic carbocycles. The lowest BCUT2D eigenvalue weighted by molar-refractivity contribution is 0.444. The minimum absolute atomic E-state index is 0.0572. The summed E-state index contributed by atoms with van der Waals surface area (Å²) < 4.78 is 59.1. The molecule has 3 heterocycles. The van der Waals surface area contributed by atoms with Crippen molar-refractivity contribution in [1.82, 2.24) is 28.9 Å². The summed E-state index contributed by atoms with van der Waals surface area (Å²) in [6.45, 7) is 0.815. The van der Waals surface area contributed by atoms with Crippen molar-refractivity contribution in [1.29, 1.82) is 0 Å². The number of hydrogen-bond donors (Lipinski definition) is 1. The number of pyridine rings is 1. The highest BCUT2D eigenvalue weighted by Gasteiger charge is 2.21. The normalized spacial score (nSPS) is 11.3. The van der Waals surface area contributed by atoms with E-state index in [2.05, 4.69) is 20.4 Å². The zero-order valence-electron chi connectivity index (χ0n) is 19.6. The number of hydrogen-bond acceptors (Lipinski definition) is 6. The number of halogens is 5. The van der Waals surface area contributed by atoms with Gasteiger partial charge in [0.2, 0.25) is 5.95 Å². The van der Waals surface area contributed by atoms with Gasteiger partial charge in [-0.05, 0) is 36.8 Å². The Labute approximate surface area is 215 Å². The van der Waals surface area contributed by atoms with Crippen LogP contribution >= 0.6 is 11.6 Å². The number of aryl methyl sites for hydroxylation is 2. The van der Waals surface area contributed by atoms with Crippen molar-refractivity contribution in [2.75, 3.05) is 5.32 Å². The van der Waals surface area contributed by atoms with E-state index < -0.39 is 46.9 Å². The molecular weight excluding hydrogens is 530 g/mol. The Hall–Kier alpha value is -4.52. The van der Waals surface area contributed by atoms with E-state index in [1.807, 2.05) is 0 Å². The molecule has 5 aromatic rings. The van der Waals surface area contributed by atoms with Gasteiger partial charge in [0.15, 0.2) is 23.3 Å². The van der Waals surface area contributed by atoms with Crippen LogP contribution in [0.2, 0.25) is 5.02 Å². The van der Waals surface area contributed by atoms with Gasteiger partial charge in [-0.15, -0.1) is 0 Å². The van der Waals surface area contributed by atoms with Crippen LogP contribution in [-0.4, -0.2) is 28.9 Å². The molecule has 0 unspecified atom stereocenters. The predicted octanol–water partition coefficient (Wildman–Crippen LogP) is 3.99. The minimum Gasteiger partial charge on any atom is -0.324 e. The number of aromatic nitrogens is 6. The van der Waals surface area contributed by atoms with Gasteiger partial charge in [-0.2, -0.15) is 10.1 Å². The van der Waals surface area contributed by atoms with E-state index in [0.29, 0.717) is 27.6 Å². The predicted molar refractivity (Wildman–Crippen MR) is 131 cm³/mol. The number of fused-ring (bicyclic) bond motifs is 1. The van der Waals surface area contributed by atoms with Gasteiger partial charge in [-0.1, -0.05) is 11.6 Å². The van der Waals surface area contributed by atoms with E-state index in [9.17, 15) is 27.2 Å². The van der Waals surface area contributed by atoms with Gasteiger partial charge < -0.3 is 5.32 Å². The molecule has 0 aliphatic rings. The van der Waals surface area contributed by atoms with Crippen molar-refractivity contribution in [3.63, 3.8) is 0 Å². The molecule has 1 N–H and O–H groups in total. The van der Waals surface area contributed by atoms with Gasteiger partial charge in [-0.3, -0.25) is 14.2 Å². The highest BCUT2D eigenvalue weighted by Crippen LogP contribution is 2.29. The summed E-state index contributed by atoms with van der Waals surface area (Å²) >= 11 is 6.37. The maximum atomic E-state index is 14.8. The summed E-state index contributed by atoms with van der Waals surface area (Å²) in [5.74, 6) is -5.91. The lowest BCUT2D eigenvalue weighted by Gasteiger charge is -2.17. The van der Waals surface area contributed by atoms with Gasteiger partial charge in [0.05, 0.1) is 29.0 Å². The third kappa shape index (κ3) is 4.41. The molecule has 2 aromatic carbocycles. The van der Waals surface area contributed by atoms with E-state index >= 15 is 0 Å². The maximum absolute atomic E-state index is 14.8. The fourth-order valence-corrected chi connectivity index (χ4v) is 4.10. The first kappa shape index (κ1) is 25.1. The van der Waals surface area contributed by atoms with Gasteiger partial charge in [-0.25, -0.2) is 31.7 Å². The molecule has 0 saturated carbocycles. The number of nitrogens with zero attached hydrogens (tertiary/aromatic N) is 6. The van der Waals surface area contributed by atoms with E-state index in [1.54, 1.807) is 30.1 Å². The zero-order valence-corrected chi connectivity index (χ0v) is 20.4. The number of nitrogens with one attached hydrogen (secondary N) is 1. The van der Waals surface area contributed by atoms with Gasteiger partial charge in [0, 0.05) is 30.4 Å². The largest absolute Gasteiger partial charge is 0.359 e. The van der Waals surface area contributed by atoms with Crippen LogP contribution in [-0.2, 0) is 13.6 Å². The van der Waals surface area contributed by atoms with Gasteiger partial charge >= 0.3 is 11.4 Å². The summed E-state index contributed by atoms with van der Waals surface area (Å²) in [6, 6.07) is 4.51. The molecule has 9 nitrogen and oxygen atoms in total. The van der Waals surface area contributed by atoms with E-state index in [-0.39, 0.29) is 27.8 Å². The second kappa shape index (κ2) is 9.41. The average Bonchev–Trinajstić information content (AvgIpc) is 3.21. The third-order valence-corrected chi connectivity index (χ3v) is 6.00.